The lowest BCUT2D eigenvalue weighted by molar-refractivity contribution is 0.238. The third-order valence-corrected chi connectivity index (χ3v) is 3.50. The Morgan fingerprint density at radius 3 is 2.44 bits per heavy atom. The second-order valence-electron chi connectivity index (χ2n) is 5.60. The van der Waals surface area contributed by atoms with Gasteiger partial charge in [-0.15, -0.1) is 0 Å². The molecule has 1 aromatic carbocycles. The van der Waals surface area contributed by atoms with Crippen LogP contribution in [0.25, 0.3) is 0 Å². The summed E-state index contributed by atoms with van der Waals surface area (Å²) in [5.41, 5.74) is 1.53. The molecule has 0 saturated heterocycles. The molecule has 0 aromatic heterocycles. The number of carbonyl (C=O) groups excluding carboxylic acids is 1. The number of carbonyl (C=O) groups is 1. The van der Waals surface area contributed by atoms with Crippen LogP contribution in [0.4, 0.5) is 4.79 Å². The Labute approximate surface area is 109 Å². The second-order valence-corrected chi connectivity index (χ2v) is 5.60. The largest absolute Gasteiger partial charge is 0.338 e. The van der Waals surface area contributed by atoms with Gasteiger partial charge in [0.15, 0.2) is 0 Å². The standard InChI is InChI=1S/C15H22N2O/c1-12(2)10-16-14(18)17-11-15(8-9-15)13-6-4-3-5-7-13/h3-7,12H,8-11H2,1-2H3,(H2,16,17,18). The van der Waals surface area contributed by atoms with E-state index in [0.717, 1.165) is 13.1 Å². The van der Waals surface area contributed by atoms with Gasteiger partial charge in [-0.1, -0.05) is 44.2 Å². The maximum atomic E-state index is 11.6. The van der Waals surface area contributed by atoms with Crippen LogP contribution in [0, 0.1) is 5.92 Å². The highest BCUT2D eigenvalue weighted by Crippen LogP contribution is 2.47. The summed E-state index contributed by atoms with van der Waals surface area (Å²) < 4.78 is 0. The minimum atomic E-state index is -0.0501. The number of hydrogen-bond acceptors (Lipinski definition) is 1. The zero-order valence-electron chi connectivity index (χ0n) is 11.2. The first-order valence-electron chi connectivity index (χ1n) is 6.70. The molecule has 0 spiro atoms. The number of benzene rings is 1. The summed E-state index contributed by atoms with van der Waals surface area (Å²) in [6.45, 7) is 5.64. The van der Waals surface area contributed by atoms with E-state index in [1.54, 1.807) is 0 Å². The summed E-state index contributed by atoms with van der Waals surface area (Å²) in [5.74, 6) is 0.486. The molecule has 18 heavy (non-hydrogen) atoms. The number of hydrogen-bond donors (Lipinski definition) is 2. The maximum absolute atomic E-state index is 11.6. The Balaban J connectivity index is 1.82. The zero-order chi connectivity index (χ0) is 13.0. The van der Waals surface area contributed by atoms with E-state index in [1.807, 2.05) is 6.07 Å². The van der Waals surface area contributed by atoms with Crippen molar-refractivity contribution in [3.63, 3.8) is 0 Å². The molecule has 3 heteroatoms. The zero-order valence-corrected chi connectivity index (χ0v) is 11.2. The van der Waals surface area contributed by atoms with Crippen LogP contribution < -0.4 is 10.6 Å². The summed E-state index contributed by atoms with van der Waals surface area (Å²) in [6, 6.07) is 10.4. The fourth-order valence-electron chi connectivity index (χ4n) is 2.12. The van der Waals surface area contributed by atoms with Crippen molar-refractivity contribution in [2.45, 2.75) is 32.1 Å². The van der Waals surface area contributed by atoms with Crippen molar-refractivity contribution in [3.8, 4) is 0 Å². The molecule has 2 rings (SSSR count). The smallest absolute Gasteiger partial charge is 0.314 e. The Kier molecular flexibility index (Phi) is 3.90. The highest BCUT2D eigenvalue weighted by Gasteiger charge is 2.44. The molecule has 0 bridgehead atoms. The first kappa shape index (κ1) is 12.9. The minimum absolute atomic E-state index is 0.0501. The summed E-state index contributed by atoms with van der Waals surface area (Å²) in [6.07, 6.45) is 2.34. The van der Waals surface area contributed by atoms with Crippen LogP contribution in [0.15, 0.2) is 30.3 Å². The molecule has 0 atom stereocenters. The van der Waals surface area contributed by atoms with Crippen LogP contribution in [-0.2, 0) is 5.41 Å². The topological polar surface area (TPSA) is 41.1 Å². The first-order chi connectivity index (χ1) is 8.62. The molecule has 1 aliphatic rings. The van der Waals surface area contributed by atoms with Crippen LogP contribution in [0.1, 0.15) is 32.3 Å². The van der Waals surface area contributed by atoms with Gasteiger partial charge in [-0.25, -0.2) is 4.79 Å². The third kappa shape index (κ3) is 3.25. The molecular formula is C15H22N2O. The van der Waals surface area contributed by atoms with Gasteiger partial charge in [0.25, 0.3) is 0 Å². The fraction of sp³-hybridized carbons (Fsp3) is 0.533. The van der Waals surface area contributed by atoms with Crippen LogP contribution in [0.5, 0.6) is 0 Å². The Bertz CT molecular complexity index is 396. The molecule has 1 fully saturated rings. The molecular weight excluding hydrogens is 224 g/mol. The van der Waals surface area contributed by atoms with Gasteiger partial charge in [-0.2, -0.15) is 0 Å². The summed E-state index contributed by atoms with van der Waals surface area (Å²) in [7, 11) is 0. The van der Waals surface area contributed by atoms with Gasteiger partial charge >= 0.3 is 6.03 Å². The number of urea groups is 1. The maximum Gasteiger partial charge on any atom is 0.314 e. The highest BCUT2D eigenvalue weighted by atomic mass is 16.2. The number of rotatable bonds is 5. The molecule has 0 unspecified atom stereocenters. The third-order valence-electron chi connectivity index (χ3n) is 3.50. The van der Waals surface area contributed by atoms with Crippen LogP contribution in [-0.4, -0.2) is 19.1 Å². The molecule has 0 radical (unpaired) electrons. The van der Waals surface area contributed by atoms with Crippen molar-refractivity contribution >= 4 is 6.03 Å². The predicted octanol–water partition coefficient (Wildman–Crippen LogP) is 2.67. The van der Waals surface area contributed by atoms with Crippen LogP contribution >= 0.6 is 0 Å². The monoisotopic (exact) mass is 246 g/mol. The molecule has 1 aromatic rings. The quantitative estimate of drug-likeness (QED) is 0.824. The van der Waals surface area contributed by atoms with Crippen molar-refractivity contribution in [2.24, 2.45) is 5.92 Å². The number of amides is 2. The van der Waals surface area contributed by atoms with E-state index in [9.17, 15) is 4.79 Å². The van der Waals surface area contributed by atoms with Crippen molar-refractivity contribution in [1.82, 2.24) is 10.6 Å². The molecule has 1 saturated carbocycles. The van der Waals surface area contributed by atoms with Gasteiger partial charge in [0.2, 0.25) is 0 Å². The normalized spacial score (nSPS) is 16.4. The van der Waals surface area contributed by atoms with Gasteiger partial charge in [-0.3, -0.25) is 0 Å². The van der Waals surface area contributed by atoms with Gasteiger partial charge < -0.3 is 10.6 Å². The SMILES string of the molecule is CC(C)CNC(=O)NCC1(c2ccccc2)CC1. The average molecular weight is 246 g/mol. The van der Waals surface area contributed by atoms with Gasteiger partial charge in [0, 0.05) is 18.5 Å². The lowest BCUT2D eigenvalue weighted by Gasteiger charge is -2.17. The van der Waals surface area contributed by atoms with Gasteiger partial charge in [0.05, 0.1) is 0 Å². The Morgan fingerprint density at radius 2 is 1.89 bits per heavy atom. The predicted molar refractivity (Wildman–Crippen MR) is 73.6 cm³/mol. The average Bonchev–Trinajstić information content (AvgIpc) is 3.16. The number of nitrogens with one attached hydrogen (secondary N) is 2. The first-order valence-corrected chi connectivity index (χ1v) is 6.70. The lowest BCUT2D eigenvalue weighted by atomic mass is 9.96. The van der Waals surface area contributed by atoms with Gasteiger partial charge in [-0.05, 0) is 24.3 Å². The Morgan fingerprint density at radius 1 is 1.22 bits per heavy atom. The molecule has 1 aliphatic carbocycles. The summed E-state index contributed by atoms with van der Waals surface area (Å²) >= 11 is 0. The van der Waals surface area contributed by atoms with Crippen molar-refractivity contribution < 1.29 is 4.79 Å². The van der Waals surface area contributed by atoms with E-state index < -0.39 is 0 Å². The van der Waals surface area contributed by atoms with E-state index in [1.165, 1.54) is 18.4 Å². The second kappa shape index (κ2) is 5.42. The van der Waals surface area contributed by atoms with E-state index in [0.29, 0.717) is 5.92 Å². The van der Waals surface area contributed by atoms with E-state index in [2.05, 4.69) is 48.7 Å². The van der Waals surface area contributed by atoms with Crippen molar-refractivity contribution in [3.05, 3.63) is 35.9 Å². The molecule has 3 nitrogen and oxygen atoms in total. The van der Waals surface area contributed by atoms with Crippen LogP contribution in [0.2, 0.25) is 0 Å². The molecule has 2 N–H and O–H groups in total. The fourth-order valence-corrected chi connectivity index (χ4v) is 2.12. The van der Waals surface area contributed by atoms with Crippen molar-refractivity contribution in [2.75, 3.05) is 13.1 Å². The molecule has 0 aliphatic heterocycles. The van der Waals surface area contributed by atoms with E-state index in [4.69, 9.17) is 0 Å². The van der Waals surface area contributed by atoms with E-state index >= 15 is 0 Å². The minimum Gasteiger partial charge on any atom is -0.338 e. The van der Waals surface area contributed by atoms with Crippen molar-refractivity contribution in [1.29, 1.82) is 0 Å². The molecule has 2 amide bonds. The molecule has 98 valence electrons. The molecule has 0 heterocycles. The Hall–Kier alpha value is -1.51. The highest BCUT2D eigenvalue weighted by molar-refractivity contribution is 5.74. The van der Waals surface area contributed by atoms with E-state index in [-0.39, 0.29) is 11.4 Å². The van der Waals surface area contributed by atoms with Crippen LogP contribution in [0.3, 0.4) is 0 Å². The summed E-state index contributed by atoms with van der Waals surface area (Å²) in [4.78, 5) is 11.6. The van der Waals surface area contributed by atoms with Gasteiger partial charge in [0.1, 0.15) is 0 Å². The lowest BCUT2D eigenvalue weighted by Crippen LogP contribution is -2.41. The summed E-state index contributed by atoms with van der Waals surface area (Å²) in [5, 5.41) is 5.87.